The summed E-state index contributed by atoms with van der Waals surface area (Å²) in [5.41, 5.74) is 0.216. The third kappa shape index (κ3) is 3.08. The van der Waals surface area contributed by atoms with Gasteiger partial charge in [0.15, 0.2) is 5.69 Å². The molecule has 0 radical (unpaired) electrons. The van der Waals surface area contributed by atoms with Gasteiger partial charge in [0.1, 0.15) is 5.02 Å². The second-order valence-electron chi connectivity index (χ2n) is 5.37. The van der Waals surface area contributed by atoms with E-state index in [4.69, 9.17) is 21.1 Å². The second kappa shape index (κ2) is 6.66. The van der Waals surface area contributed by atoms with E-state index in [0.29, 0.717) is 51.8 Å². The molecule has 1 fully saturated rings. The van der Waals surface area contributed by atoms with E-state index in [2.05, 4.69) is 5.10 Å². The second-order valence-corrected chi connectivity index (χ2v) is 5.75. The van der Waals surface area contributed by atoms with E-state index in [1.807, 2.05) is 0 Å². The number of aryl methyl sites for hydroxylation is 1. The van der Waals surface area contributed by atoms with Crippen LogP contribution in [0.25, 0.3) is 0 Å². The average Bonchev–Trinajstić information content (AvgIpc) is 2.92. The lowest BCUT2D eigenvalue weighted by atomic mass is 10.3. The Morgan fingerprint density at radius 1 is 1.22 bits per heavy atom. The molecule has 126 valence electrons. The molecule has 9 heteroatoms. The maximum Gasteiger partial charge on any atom is 0.409 e. The fourth-order valence-corrected chi connectivity index (χ4v) is 2.96. The molecule has 2 aliphatic heterocycles. The summed E-state index contributed by atoms with van der Waals surface area (Å²) in [4.78, 5) is 27.5. The fourth-order valence-electron chi connectivity index (χ4n) is 2.69. The minimum Gasteiger partial charge on any atom is -0.477 e. The smallest absolute Gasteiger partial charge is 0.409 e. The minimum atomic E-state index is -0.344. The maximum absolute atomic E-state index is 12.6. The Labute approximate surface area is 138 Å². The quantitative estimate of drug-likeness (QED) is 0.808. The zero-order valence-corrected chi connectivity index (χ0v) is 13.7. The van der Waals surface area contributed by atoms with Gasteiger partial charge in [-0.25, -0.2) is 9.48 Å². The zero-order chi connectivity index (χ0) is 16.4. The summed E-state index contributed by atoms with van der Waals surface area (Å²) in [7, 11) is 0. The highest BCUT2D eigenvalue weighted by molar-refractivity contribution is 6.34. The number of ether oxygens (including phenoxy) is 2. The SMILES string of the molecule is CCOC(=O)N1CCN(C(=O)c2nn3c(c2Cl)OCCC3)CC1. The highest BCUT2D eigenvalue weighted by Crippen LogP contribution is 2.31. The summed E-state index contributed by atoms with van der Waals surface area (Å²) in [5, 5.41) is 4.54. The molecule has 0 aromatic carbocycles. The van der Waals surface area contributed by atoms with Crippen molar-refractivity contribution in [3.05, 3.63) is 10.7 Å². The molecular weight excluding hydrogens is 324 g/mol. The van der Waals surface area contributed by atoms with Crippen LogP contribution < -0.4 is 4.74 Å². The van der Waals surface area contributed by atoms with Crippen LogP contribution in [0, 0.1) is 0 Å². The number of carbonyl (C=O) groups excluding carboxylic acids is 2. The van der Waals surface area contributed by atoms with Crippen molar-refractivity contribution >= 4 is 23.6 Å². The first-order valence-electron chi connectivity index (χ1n) is 7.72. The van der Waals surface area contributed by atoms with Gasteiger partial charge in [0.25, 0.3) is 5.91 Å². The number of carbonyl (C=O) groups is 2. The van der Waals surface area contributed by atoms with Gasteiger partial charge in [0.2, 0.25) is 5.88 Å². The van der Waals surface area contributed by atoms with E-state index in [1.165, 1.54) is 0 Å². The highest BCUT2D eigenvalue weighted by atomic mass is 35.5. The van der Waals surface area contributed by atoms with Gasteiger partial charge in [-0.05, 0) is 6.92 Å². The first-order chi connectivity index (χ1) is 11.1. The van der Waals surface area contributed by atoms with Gasteiger partial charge >= 0.3 is 6.09 Å². The average molecular weight is 343 g/mol. The van der Waals surface area contributed by atoms with Crippen LogP contribution in [0.1, 0.15) is 23.8 Å². The molecule has 1 saturated heterocycles. The first-order valence-corrected chi connectivity index (χ1v) is 8.09. The molecule has 1 aromatic heterocycles. The summed E-state index contributed by atoms with van der Waals surface area (Å²) in [6.45, 7) is 5.11. The largest absolute Gasteiger partial charge is 0.477 e. The standard InChI is InChI=1S/C14H19ClN4O4/c1-2-22-14(21)18-7-5-17(6-8-18)12(20)11-10(15)13-19(16-11)4-3-9-23-13/h2-9H2,1H3. The minimum absolute atomic E-state index is 0.216. The lowest BCUT2D eigenvalue weighted by Gasteiger charge is -2.33. The Balaban J connectivity index is 1.66. The van der Waals surface area contributed by atoms with Crippen molar-refractivity contribution in [2.24, 2.45) is 0 Å². The van der Waals surface area contributed by atoms with E-state index >= 15 is 0 Å². The Hall–Kier alpha value is -1.96. The Morgan fingerprint density at radius 3 is 2.57 bits per heavy atom. The number of fused-ring (bicyclic) bond motifs is 1. The molecule has 0 atom stereocenters. The molecule has 8 nitrogen and oxygen atoms in total. The lowest BCUT2D eigenvalue weighted by molar-refractivity contribution is 0.0565. The van der Waals surface area contributed by atoms with Crippen molar-refractivity contribution in [1.29, 1.82) is 0 Å². The number of hydrogen-bond acceptors (Lipinski definition) is 5. The maximum atomic E-state index is 12.6. The van der Waals surface area contributed by atoms with Gasteiger partial charge in [0, 0.05) is 39.1 Å². The Kier molecular flexibility index (Phi) is 4.61. The molecule has 23 heavy (non-hydrogen) atoms. The number of piperazine rings is 1. The van der Waals surface area contributed by atoms with Gasteiger partial charge in [-0.2, -0.15) is 5.10 Å². The van der Waals surface area contributed by atoms with Crippen molar-refractivity contribution in [2.45, 2.75) is 19.9 Å². The van der Waals surface area contributed by atoms with Crippen LogP contribution in [-0.2, 0) is 11.3 Å². The molecule has 0 aliphatic carbocycles. The fraction of sp³-hybridized carbons (Fsp3) is 0.643. The third-order valence-electron chi connectivity index (χ3n) is 3.90. The van der Waals surface area contributed by atoms with Crippen LogP contribution in [0.4, 0.5) is 4.79 Å². The summed E-state index contributed by atoms with van der Waals surface area (Å²) >= 11 is 6.24. The van der Waals surface area contributed by atoms with Crippen LogP contribution in [0.3, 0.4) is 0 Å². The predicted molar refractivity (Wildman–Crippen MR) is 81.8 cm³/mol. The van der Waals surface area contributed by atoms with Gasteiger partial charge in [0.05, 0.1) is 13.2 Å². The molecule has 3 heterocycles. The third-order valence-corrected chi connectivity index (χ3v) is 4.24. The van der Waals surface area contributed by atoms with Crippen molar-refractivity contribution in [3.8, 4) is 5.88 Å². The number of rotatable bonds is 2. The van der Waals surface area contributed by atoms with Crippen LogP contribution in [0.5, 0.6) is 5.88 Å². The Bertz CT molecular complexity index is 610. The number of halogens is 1. The highest BCUT2D eigenvalue weighted by Gasteiger charge is 2.31. The van der Waals surface area contributed by atoms with Crippen LogP contribution >= 0.6 is 11.6 Å². The normalized spacial score (nSPS) is 17.5. The topological polar surface area (TPSA) is 76.9 Å². The number of nitrogens with zero attached hydrogens (tertiary/aromatic N) is 4. The molecule has 0 saturated carbocycles. The lowest BCUT2D eigenvalue weighted by Crippen LogP contribution is -2.50. The predicted octanol–water partition coefficient (Wildman–Crippen LogP) is 1.23. The van der Waals surface area contributed by atoms with Gasteiger partial charge in [-0.15, -0.1) is 0 Å². The summed E-state index contributed by atoms with van der Waals surface area (Å²) in [6.07, 6.45) is 0.500. The number of aromatic nitrogens is 2. The first kappa shape index (κ1) is 15.9. The molecule has 1 aromatic rings. The van der Waals surface area contributed by atoms with Gasteiger partial charge in [-0.3, -0.25) is 4.79 Å². The van der Waals surface area contributed by atoms with E-state index in [9.17, 15) is 9.59 Å². The van der Waals surface area contributed by atoms with E-state index < -0.39 is 0 Å². The van der Waals surface area contributed by atoms with E-state index in [-0.39, 0.29) is 22.7 Å². The molecular formula is C14H19ClN4O4. The van der Waals surface area contributed by atoms with E-state index in [0.717, 1.165) is 6.42 Å². The summed E-state index contributed by atoms with van der Waals surface area (Å²) in [5.74, 6) is 0.232. The summed E-state index contributed by atoms with van der Waals surface area (Å²) in [6, 6.07) is 0. The van der Waals surface area contributed by atoms with Crippen molar-refractivity contribution in [2.75, 3.05) is 39.4 Å². The molecule has 0 N–H and O–H groups in total. The van der Waals surface area contributed by atoms with Crippen LogP contribution in [-0.4, -0.2) is 71.0 Å². The molecule has 3 rings (SSSR count). The molecule has 0 spiro atoms. The number of hydrogen-bond donors (Lipinski definition) is 0. The molecule has 2 aliphatic rings. The van der Waals surface area contributed by atoms with Crippen molar-refractivity contribution in [3.63, 3.8) is 0 Å². The van der Waals surface area contributed by atoms with Gasteiger partial charge in [-0.1, -0.05) is 11.6 Å². The van der Waals surface area contributed by atoms with Crippen molar-refractivity contribution < 1.29 is 19.1 Å². The van der Waals surface area contributed by atoms with Gasteiger partial charge < -0.3 is 19.3 Å². The molecule has 0 bridgehead atoms. The van der Waals surface area contributed by atoms with Crippen LogP contribution in [0.2, 0.25) is 5.02 Å². The van der Waals surface area contributed by atoms with Crippen LogP contribution in [0.15, 0.2) is 0 Å². The number of amides is 2. The van der Waals surface area contributed by atoms with Crippen molar-refractivity contribution in [1.82, 2.24) is 19.6 Å². The molecule has 2 amide bonds. The zero-order valence-electron chi connectivity index (χ0n) is 13.0. The summed E-state index contributed by atoms with van der Waals surface area (Å²) < 4.78 is 12.1. The van der Waals surface area contributed by atoms with E-state index in [1.54, 1.807) is 21.4 Å². The monoisotopic (exact) mass is 342 g/mol. The Morgan fingerprint density at radius 2 is 1.91 bits per heavy atom. The molecule has 0 unspecified atom stereocenters.